The van der Waals surface area contributed by atoms with Crippen LogP contribution in [0.25, 0.3) is 0 Å². The minimum atomic E-state index is -2.32. The van der Waals surface area contributed by atoms with E-state index in [2.05, 4.69) is 0 Å². The topological polar surface area (TPSA) is 69.7 Å². The Labute approximate surface area is 118 Å². The first kappa shape index (κ1) is 17.3. The van der Waals surface area contributed by atoms with E-state index in [0.717, 1.165) is 0 Å². The molecule has 1 rings (SSSR count). The van der Waals surface area contributed by atoms with E-state index in [1.807, 2.05) is 0 Å². The zero-order valence-electron chi connectivity index (χ0n) is 11.3. The Kier molecular flexibility index (Phi) is 5.70. The summed E-state index contributed by atoms with van der Waals surface area (Å²) in [4.78, 5) is 23.5. The molecule has 0 aromatic carbocycles. The van der Waals surface area contributed by atoms with Gasteiger partial charge >= 0.3 is 25.0 Å². The van der Waals surface area contributed by atoms with Gasteiger partial charge in [-0.05, 0) is 20.8 Å². The smallest absolute Gasteiger partial charge is 0.547 e. The summed E-state index contributed by atoms with van der Waals surface area (Å²) in [5.41, 5.74) is -2.94. The molecule has 0 N–H and O–H groups in total. The van der Waals surface area contributed by atoms with Crippen LogP contribution in [0.1, 0.15) is 33.6 Å². The van der Waals surface area contributed by atoms with Crippen molar-refractivity contribution in [1.82, 2.24) is 4.90 Å². The first-order valence-corrected chi connectivity index (χ1v) is 5.52. The van der Waals surface area contributed by atoms with Crippen molar-refractivity contribution < 1.29 is 42.7 Å². The number of hydrogen-bond donors (Lipinski definition) is 0. The van der Waals surface area contributed by atoms with Crippen LogP contribution in [0.15, 0.2) is 0 Å². The molecule has 0 radical (unpaired) electrons. The fourth-order valence-electron chi connectivity index (χ4n) is 1.57. The fraction of sp³-hybridized carbons (Fsp3) is 0.818. The van der Waals surface area contributed by atoms with E-state index in [-0.39, 0.29) is 44.8 Å². The number of amides is 1. The average Bonchev–Trinajstić information content (AvgIpc) is 2.15. The number of rotatable bonds is 1. The van der Waals surface area contributed by atoms with Crippen LogP contribution in [0.4, 0.5) is 9.18 Å². The Morgan fingerprint density at radius 1 is 1.28 bits per heavy atom. The van der Waals surface area contributed by atoms with Crippen molar-refractivity contribution in [3.8, 4) is 0 Å². The minimum Gasteiger partial charge on any atom is -0.547 e. The molecule has 0 spiro atoms. The second-order valence-electron chi connectivity index (χ2n) is 5.22. The third-order valence-corrected chi connectivity index (χ3v) is 2.57. The fourth-order valence-corrected chi connectivity index (χ4v) is 1.57. The summed E-state index contributed by atoms with van der Waals surface area (Å²) < 4.78 is 18.7. The number of carboxylic acids is 1. The summed E-state index contributed by atoms with van der Waals surface area (Å²) in [6.45, 7) is 5.25. The zero-order chi connectivity index (χ0) is 13.3. The number of alkyl halides is 1. The molecule has 1 aliphatic heterocycles. The van der Waals surface area contributed by atoms with Crippen molar-refractivity contribution in [3.05, 3.63) is 0 Å². The van der Waals surface area contributed by atoms with Crippen LogP contribution in [-0.2, 0) is 9.53 Å². The maximum absolute atomic E-state index is 13.6. The van der Waals surface area contributed by atoms with Gasteiger partial charge < -0.3 is 19.5 Å². The van der Waals surface area contributed by atoms with Crippen molar-refractivity contribution in [2.45, 2.75) is 44.9 Å². The second kappa shape index (κ2) is 5.94. The molecule has 0 bridgehead atoms. The van der Waals surface area contributed by atoms with Gasteiger partial charge in [0.05, 0.1) is 5.97 Å². The van der Waals surface area contributed by atoms with E-state index >= 15 is 0 Å². The van der Waals surface area contributed by atoms with E-state index < -0.39 is 23.3 Å². The Morgan fingerprint density at radius 2 is 1.72 bits per heavy atom. The number of nitrogens with zero attached hydrogens (tertiary/aromatic N) is 1. The number of carboxylic acid groups (broad SMARTS) is 1. The average molecular weight is 253 g/mol. The van der Waals surface area contributed by atoms with Crippen molar-refractivity contribution >= 4 is 12.1 Å². The Hall–Kier alpha value is -0.733. The summed E-state index contributed by atoms with van der Waals surface area (Å²) in [6, 6.07) is 0. The van der Waals surface area contributed by atoms with Gasteiger partial charge in [0.25, 0.3) is 0 Å². The second-order valence-corrected chi connectivity index (χ2v) is 5.22. The van der Waals surface area contributed by atoms with Gasteiger partial charge in [-0.25, -0.2) is 9.18 Å². The van der Waals surface area contributed by atoms with Crippen LogP contribution < -0.4 is 24.0 Å². The Balaban J connectivity index is 0.00000289. The van der Waals surface area contributed by atoms with Crippen LogP contribution in [-0.4, -0.2) is 41.3 Å². The number of carbonyl (C=O) groups is 2. The Morgan fingerprint density at radius 3 is 2.06 bits per heavy atom. The van der Waals surface area contributed by atoms with Gasteiger partial charge in [0.15, 0.2) is 5.67 Å². The summed E-state index contributed by atoms with van der Waals surface area (Å²) in [5.74, 6) is -1.71. The molecule has 0 aromatic rings. The summed E-state index contributed by atoms with van der Waals surface area (Å²) in [5, 5.41) is 10.6. The zero-order valence-corrected chi connectivity index (χ0v) is 11.3. The maximum Gasteiger partial charge on any atom is 1.00 e. The monoisotopic (exact) mass is 253 g/mol. The number of carbonyl (C=O) groups excluding carboxylic acids is 2. The molecule has 1 fully saturated rings. The molecule has 0 aliphatic carbocycles. The molecule has 1 heterocycles. The van der Waals surface area contributed by atoms with Gasteiger partial charge in [0, 0.05) is 25.9 Å². The number of likely N-dealkylation sites (tertiary alicyclic amines) is 1. The number of halogens is 1. The third-order valence-electron chi connectivity index (χ3n) is 2.57. The molecule has 0 unspecified atom stereocenters. The van der Waals surface area contributed by atoms with Gasteiger partial charge in [-0.15, -0.1) is 0 Å². The van der Waals surface area contributed by atoms with Gasteiger partial charge in [-0.1, -0.05) is 0 Å². The predicted molar refractivity (Wildman–Crippen MR) is 55.9 cm³/mol. The number of piperidine rings is 1. The van der Waals surface area contributed by atoms with Crippen molar-refractivity contribution in [3.63, 3.8) is 0 Å². The van der Waals surface area contributed by atoms with Crippen molar-refractivity contribution in [1.29, 1.82) is 0 Å². The van der Waals surface area contributed by atoms with Crippen LogP contribution >= 0.6 is 0 Å². The van der Waals surface area contributed by atoms with E-state index in [1.165, 1.54) is 4.90 Å². The molecule has 0 atom stereocenters. The first-order chi connectivity index (χ1) is 7.64. The summed E-state index contributed by atoms with van der Waals surface area (Å²) in [6.07, 6.45) is -1.05. The van der Waals surface area contributed by atoms with E-state index in [9.17, 15) is 19.1 Å². The van der Waals surface area contributed by atoms with Gasteiger partial charge in [-0.2, -0.15) is 0 Å². The SMILES string of the molecule is CC(C)(C)OC(=O)N1CCC(F)(C(=O)[O-])CC1.[Li+]. The number of hydrogen-bond acceptors (Lipinski definition) is 4. The number of ether oxygens (including phenoxy) is 1. The standard InChI is InChI=1S/C11H18FNO4.Li/c1-10(2,3)17-9(16)13-6-4-11(12,5-7-13)8(14)15;/h4-7H2,1-3H3,(H,14,15);/q;+1/p-1. The molecule has 7 heteroatoms. The largest absolute Gasteiger partial charge is 1.00 e. The van der Waals surface area contributed by atoms with Crippen LogP contribution in [0.5, 0.6) is 0 Å². The Bertz CT molecular complexity index is 321. The molecule has 1 amide bonds. The molecule has 5 nitrogen and oxygen atoms in total. The first-order valence-electron chi connectivity index (χ1n) is 5.52. The molecular weight excluding hydrogens is 236 g/mol. The van der Waals surface area contributed by atoms with Crippen LogP contribution in [0, 0.1) is 0 Å². The third kappa shape index (κ3) is 4.50. The molecule has 0 aromatic heterocycles. The molecule has 1 saturated heterocycles. The van der Waals surface area contributed by atoms with Crippen molar-refractivity contribution in [2.75, 3.05) is 13.1 Å². The van der Waals surface area contributed by atoms with Crippen molar-refractivity contribution in [2.24, 2.45) is 0 Å². The van der Waals surface area contributed by atoms with Crippen LogP contribution in [0.3, 0.4) is 0 Å². The molecule has 18 heavy (non-hydrogen) atoms. The minimum absolute atomic E-state index is 0. The van der Waals surface area contributed by atoms with E-state index in [1.54, 1.807) is 20.8 Å². The number of aliphatic carboxylic acids is 1. The molecular formula is C11H17FLiNO4. The maximum atomic E-state index is 13.6. The molecule has 98 valence electrons. The molecule has 1 aliphatic rings. The van der Waals surface area contributed by atoms with E-state index in [4.69, 9.17) is 4.74 Å². The quantitative estimate of drug-likeness (QED) is 0.484. The normalized spacial score (nSPS) is 18.8. The van der Waals surface area contributed by atoms with E-state index in [0.29, 0.717) is 0 Å². The summed E-state index contributed by atoms with van der Waals surface area (Å²) >= 11 is 0. The molecule has 0 saturated carbocycles. The van der Waals surface area contributed by atoms with Gasteiger partial charge in [0.1, 0.15) is 5.60 Å². The van der Waals surface area contributed by atoms with Gasteiger partial charge in [-0.3, -0.25) is 0 Å². The van der Waals surface area contributed by atoms with Gasteiger partial charge in [0.2, 0.25) is 0 Å². The van der Waals surface area contributed by atoms with Crippen LogP contribution in [0.2, 0.25) is 0 Å². The predicted octanol–water partition coefficient (Wildman–Crippen LogP) is -2.52. The summed E-state index contributed by atoms with van der Waals surface area (Å²) in [7, 11) is 0.